The third-order valence-electron chi connectivity index (χ3n) is 5.59. The van der Waals surface area contributed by atoms with E-state index < -0.39 is 0 Å². The molecule has 0 radical (unpaired) electrons. The number of carbonyl (C=O) groups excluding carboxylic acids is 2. The second kappa shape index (κ2) is 11.5. The van der Waals surface area contributed by atoms with E-state index in [1.54, 1.807) is 12.1 Å². The molecule has 1 aliphatic heterocycles. The average Bonchev–Trinajstić information content (AvgIpc) is 2.77. The Bertz CT molecular complexity index is 911. The molecule has 2 amide bonds. The number of nitrogens with zero attached hydrogens (tertiary/aromatic N) is 1. The molecule has 0 bridgehead atoms. The first-order valence-corrected chi connectivity index (χ1v) is 11.6. The van der Waals surface area contributed by atoms with Crippen molar-refractivity contribution < 1.29 is 9.59 Å². The van der Waals surface area contributed by atoms with Gasteiger partial charge in [0.05, 0.1) is 21.3 Å². The quantitative estimate of drug-likeness (QED) is 0.519. The number of anilines is 1. The van der Waals surface area contributed by atoms with E-state index in [9.17, 15) is 9.59 Å². The number of nitrogens with one attached hydrogen (secondary N) is 2. The van der Waals surface area contributed by atoms with Gasteiger partial charge in [0.1, 0.15) is 0 Å². The zero-order valence-corrected chi connectivity index (χ0v) is 19.3. The molecule has 1 fully saturated rings. The van der Waals surface area contributed by atoms with E-state index in [2.05, 4.69) is 22.5 Å². The molecule has 5 nitrogen and oxygen atoms in total. The van der Waals surface area contributed by atoms with Crippen LogP contribution in [0.5, 0.6) is 0 Å². The molecule has 1 heterocycles. The van der Waals surface area contributed by atoms with Crippen LogP contribution in [0.15, 0.2) is 42.5 Å². The molecule has 0 aliphatic carbocycles. The first kappa shape index (κ1) is 23.6. The van der Waals surface area contributed by atoms with E-state index in [-0.39, 0.29) is 17.7 Å². The van der Waals surface area contributed by atoms with Gasteiger partial charge in [0.2, 0.25) is 5.91 Å². The van der Waals surface area contributed by atoms with Gasteiger partial charge in [0.15, 0.2) is 0 Å². The van der Waals surface area contributed by atoms with Crippen molar-refractivity contribution in [1.82, 2.24) is 10.2 Å². The Kier molecular flexibility index (Phi) is 8.76. The van der Waals surface area contributed by atoms with Gasteiger partial charge < -0.3 is 10.6 Å². The fraction of sp³-hybridized carbons (Fsp3) is 0.417. The topological polar surface area (TPSA) is 61.4 Å². The normalized spacial score (nSPS) is 14.9. The summed E-state index contributed by atoms with van der Waals surface area (Å²) in [6.07, 6.45) is 3.50. The summed E-state index contributed by atoms with van der Waals surface area (Å²) in [5.41, 5.74) is 2.18. The monoisotopic (exact) mass is 461 g/mol. The predicted molar refractivity (Wildman–Crippen MR) is 127 cm³/mol. The highest BCUT2D eigenvalue weighted by molar-refractivity contribution is 6.42. The van der Waals surface area contributed by atoms with Gasteiger partial charge >= 0.3 is 0 Å². The van der Waals surface area contributed by atoms with Crippen molar-refractivity contribution >= 4 is 40.7 Å². The highest BCUT2D eigenvalue weighted by atomic mass is 35.5. The summed E-state index contributed by atoms with van der Waals surface area (Å²) in [6, 6.07) is 12.9. The van der Waals surface area contributed by atoms with E-state index in [1.807, 2.05) is 30.3 Å². The van der Waals surface area contributed by atoms with Crippen LogP contribution in [0, 0.1) is 5.92 Å². The lowest BCUT2D eigenvalue weighted by atomic mass is 9.95. The minimum absolute atomic E-state index is 0.0250. The van der Waals surface area contributed by atoms with Crippen LogP contribution in [0.3, 0.4) is 0 Å². The number of carbonyl (C=O) groups is 2. The van der Waals surface area contributed by atoms with Crippen molar-refractivity contribution in [3.8, 4) is 0 Å². The third kappa shape index (κ3) is 6.70. The maximum absolute atomic E-state index is 12.9. The summed E-state index contributed by atoms with van der Waals surface area (Å²) < 4.78 is 0. The molecule has 2 aromatic carbocycles. The number of para-hydroxylation sites is 1. The molecule has 31 heavy (non-hydrogen) atoms. The first-order chi connectivity index (χ1) is 15.0. The molecule has 0 unspecified atom stereocenters. The van der Waals surface area contributed by atoms with E-state index in [1.165, 1.54) is 0 Å². The number of likely N-dealkylation sites (tertiary alicyclic amines) is 1. The number of amides is 2. The summed E-state index contributed by atoms with van der Waals surface area (Å²) in [5.74, 6) is -0.245. The molecule has 1 saturated heterocycles. The van der Waals surface area contributed by atoms with E-state index in [0.717, 1.165) is 50.9 Å². The Balaban J connectivity index is 1.53. The SMILES string of the molecule is CCCCNC(=O)c1ccccc1NC(=O)C1CCN(Cc2ccc(Cl)c(Cl)c2)CC1. The van der Waals surface area contributed by atoms with Crippen LogP contribution in [0.4, 0.5) is 5.69 Å². The minimum atomic E-state index is -0.152. The largest absolute Gasteiger partial charge is 0.352 e. The number of hydrogen-bond donors (Lipinski definition) is 2. The van der Waals surface area contributed by atoms with Crippen LogP contribution in [0.25, 0.3) is 0 Å². The standard InChI is InChI=1S/C24H29Cl2N3O2/c1-2-3-12-27-24(31)19-6-4-5-7-22(19)28-23(30)18-10-13-29(14-11-18)16-17-8-9-20(25)21(26)15-17/h4-9,15,18H,2-3,10-14,16H2,1H3,(H,27,31)(H,28,30). The minimum Gasteiger partial charge on any atom is -0.352 e. The molecule has 2 N–H and O–H groups in total. The molecule has 3 rings (SSSR count). The molecule has 2 aromatic rings. The van der Waals surface area contributed by atoms with Crippen LogP contribution >= 0.6 is 23.2 Å². The summed E-state index contributed by atoms with van der Waals surface area (Å²) in [7, 11) is 0. The predicted octanol–water partition coefficient (Wildman–Crippen LogP) is 5.37. The fourth-order valence-electron chi connectivity index (χ4n) is 3.75. The lowest BCUT2D eigenvalue weighted by Gasteiger charge is -2.31. The molecule has 0 atom stereocenters. The molecule has 1 aliphatic rings. The number of hydrogen-bond acceptors (Lipinski definition) is 3. The van der Waals surface area contributed by atoms with E-state index in [4.69, 9.17) is 23.2 Å². The van der Waals surface area contributed by atoms with Gasteiger partial charge in [-0.1, -0.05) is 54.7 Å². The Morgan fingerprint density at radius 3 is 2.52 bits per heavy atom. The number of unbranched alkanes of at least 4 members (excludes halogenated alkanes) is 1. The summed E-state index contributed by atoms with van der Waals surface area (Å²) in [4.78, 5) is 27.6. The lowest BCUT2D eigenvalue weighted by molar-refractivity contribution is -0.121. The van der Waals surface area contributed by atoms with Crippen molar-refractivity contribution in [3.05, 3.63) is 63.6 Å². The van der Waals surface area contributed by atoms with Crippen LogP contribution in [0.1, 0.15) is 48.5 Å². The number of benzene rings is 2. The van der Waals surface area contributed by atoms with Gasteiger partial charge in [0.25, 0.3) is 5.91 Å². The smallest absolute Gasteiger partial charge is 0.253 e. The fourth-order valence-corrected chi connectivity index (χ4v) is 4.07. The molecular formula is C24H29Cl2N3O2. The Hall–Kier alpha value is -2.08. The molecular weight excluding hydrogens is 433 g/mol. The Morgan fingerprint density at radius 1 is 1.06 bits per heavy atom. The van der Waals surface area contributed by atoms with Crippen molar-refractivity contribution in [2.45, 2.75) is 39.2 Å². The Labute approximate surface area is 194 Å². The van der Waals surface area contributed by atoms with Crippen LogP contribution in [-0.4, -0.2) is 36.3 Å². The van der Waals surface area contributed by atoms with Gasteiger partial charge in [-0.15, -0.1) is 0 Å². The molecule has 166 valence electrons. The number of rotatable bonds is 8. The molecule has 0 spiro atoms. The lowest BCUT2D eigenvalue weighted by Crippen LogP contribution is -2.38. The first-order valence-electron chi connectivity index (χ1n) is 10.8. The van der Waals surface area contributed by atoms with Gasteiger partial charge in [0, 0.05) is 19.0 Å². The summed E-state index contributed by atoms with van der Waals surface area (Å²) in [5, 5.41) is 7.01. The number of piperidine rings is 1. The third-order valence-corrected chi connectivity index (χ3v) is 6.33. The van der Waals surface area contributed by atoms with Crippen LogP contribution < -0.4 is 10.6 Å². The van der Waals surface area contributed by atoms with Crippen molar-refractivity contribution in [2.24, 2.45) is 5.92 Å². The van der Waals surface area contributed by atoms with Crippen LogP contribution in [-0.2, 0) is 11.3 Å². The maximum Gasteiger partial charge on any atom is 0.253 e. The van der Waals surface area contributed by atoms with Crippen LogP contribution in [0.2, 0.25) is 10.0 Å². The maximum atomic E-state index is 12.9. The van der Waals surface area contributed by atoms with Gasteiger partial charge in [-0.05, 0) is 62.2 Å². The molecule has 0 aromatic heterocycles. The second-order valence-electron chi connectivity index (χ2n) is 7.94. The van der Waals surface area contributed by atoms with E-state index >= 15 is 0 Å². The molecule has 0 saturated carbocycles. The molecule has 7 heteroatoms. The average molecular weight is 462 g/mol. The number of halogens is 2. The van der Waals surface area contributed by atoms with Gasteiger partial charge in [-0.3, -0.25) is 14.5 Å². The van der Waals surface area contributed by atoms with Crippen molar-refractivity contribution in [1.29, 1.82) is 0 Å². The van der Waals surface area contributed by atoms with Crippen molar-refractivity contribution in [3.63, 3.8) is 0 Å². The van der Waals surface area contributed by atoms with Gasteiger partial charge in [-0.25, -0.2) is 0 Å². The van der Waals surface area contributed by atoms with E-state index in [0.29, 0.717) is 27.8 Å². The second-order valence-corrected chi connectivity index (χ2v) is 8.76. The Morgan fingerprint density at radius 2 is 1.81 bits per heavy atom. The van der Waals surface area contributed by atoms with Gasteiger partial charge in [-0.2, -0.15) is 0 Å². The highest BCUT2D eigenvalue weighted by Crippen LogP contribution is 2.26. The zero-order chi connectivity index (χ0) is 22.2. The summed E-state index contributed by atoms with van der Waals surface area (Å²) >= 11 is 12.1. The zero-order valence-electron chi connectivity index (χ0n) is 17.8. The van der Waals surface area contributed by atoms with Crippen molar-refractivity contribution in [2.75, 3.05) is 25.0 Å². The summed E-state index contributed by atoms with van der Waals surface area (Å²) in [6.45, 7) is 5.16. The highest BCUT2D eigenvalue weighted by Gasteiger charge is 2.26.